The Morgan fingerprint density at radius 1 is 1.33 bits per heavy atom. The van der Waals surface area contributed by atoms with E-state index in [1.54, 1.807) is 4.72 Å². The van der Waals surface area contributed by atoms with Gasteiger partial charge in [0.1, 0.15) is 10.9 Å². The molecule has 8 nitrogen and oxygen atoms in total. The summed E-state index contributed by atoms with van der Waals surface area (Å²) < 4.78 is 48.6. The number of aliphatic carboxylic acids is 1. The first-order chi connectivity index (χ1) is 9.49. The number of aliphatic hydroxyl groups excluding tert-OH is 1. The smallest absolute Gasteiger partial charge is 0.324 e. The normalized spacial score (nSPS) is 13.9. The van der Waals surface area contributed by atoms with E-state index in [0.717, 1.165) is 24.5 Å². The van der Waals surface area contributed by atoms with Crippen LogP contribution in [0.25, 0.3) is 0 Å². The minimum Gasteiger partial charge on any atom is -0.480 e. The third-order valence-corrected chi connectivity index (χ3v) is 5.46. The highest BCUT2D eigenvalue weighted by Gasteiger charge is 2.27. The largest absolute Gasteiger partial charge is 0.480 e. The predicted octanol–water partition coefficient (Wildman–Crippen LogP) is -0.533. The Morgan fingerprint density at radius 2 is 1.90 bits per heavy atom. The number of hydrogen-bond acceptors (Lipinski definition) is 6. The molecule has 1 atom stereocenters. The predicted molar refractivity (Wildman–Crippen MR) is 73.4 cm³/mol. The summed E-state index contributed by atoms with van der Waals surface area (Å²) in [4.78, 5) is 9.86. The van der Waals surface area contributed by atoms with E-state index in [1.165, 1.54) is 0 Å². The monoisotopic (exact) mass is 357 g/mol. The summed E-state index contributed by atoms with van der Waals surface area (Å²) >= 11 is 5.71. The molecule has 3 N–H and O–H groups in total. The van der Waals surface area contributed by atoms with Gasteiger partial charge in [-0.1, -0.05) is 11.6 Å². The summed E-state index contributed by atoms with van der Waals surface area (Å²) in [6, 6.07) is 1.24. The fourth-order valence-electron chi connectivity index (χ4n) is 1.34. The SMILES string of the molecule is CS(=O)(=O)c1ccc(Cl)c(S(=O)(=O)NC(CO)C(=O)O)c1. The van der Waals surface area contributed by atoms with Crippen LogP contribution in [-0.4, -0.2) is 51.9 Å². The minimum absolute atomic E-state index is 0.281. The van der Waals surface area contributed by atoms with E-state index in [2.05, 4.69) is 0 Å². The van der Waals surface area contributed by atoms with Gasteiger partial charge in [-0.2, -0.15) is 4.72 Å². The van der Waals surface area contributed by atoms with Gasteiger partial charge in [-0.15, -0.1) is 0 Å². The number of benzene rings is 1. The number of sulfonamides is 1. The van der Waals surface area contributed by atoms with E-state index in [1.807, 2.05) is 0 Å². The van der Waals surface area contributed by atoms with Crippen LogP contribution in [0.5, 0.6) is 0 Å². The van der Waals surface area contributed by atoms with E-state index >= 15 is 0 Å². The average molecular weight is 358 g/mol. The second-order valence-corrected chi connectivity index (χ2v) is 8.16. The number of aliphatic hydroxyl groups is 1. The van der Waals surface area contributed by atoms with Crippen molar-refractivity contribution in [1.29, 1.82) is 0 Å². The van der Waals surface area contributed by atoms with Gasteiger partial charge in [-0.25, -0.2) is 16.8 Å². The lowest BCUT2D eigenvalue weighted by Gasteiger charge is -2.13. The second-order valence-electron chi connectivity index (χ2n) is 4.06. The second kappa shape index (κ2) is 6.28. The van der Waals surface area contributed by atoms with Gasteiger partial charge in [0.05, 0.1) is 16.5 Å². The molecule has 0 aliphatic carbocycles. The van der Waals surface area contributed by atoms with Crippen LogP contribution in [0.3, 0.4) is 0 Å². The van der Waals surface area contributed by atoms with Gasteiger partial charge in [0.2, 0.25) is 10.0 Å². The number of rotatable bonds is 6. The Balaban J connectivity index is 3.35. The van der Waals surface area contributed by atoms with Crippen molar-refractivity contribution in [3.63, 3.8) is 0 Å². The fraction of sp³-hybridized carbons (Fsp3) is 0.300. The number of halogens is 1. The summed E-state index contributed by atoms with van der Waals surface area (Å²) in [7, 11) is -8.09. The lowest BCUT2D eigenvalue weighted by atomic mass is 10.3. The van der Waals surface area contributed by atoms with E-state index in [0.29, 0.717) is 0 Å². The summed E-state index contributed by atoms with van der Waals surface area (Å²) in [5.74, 6) is -1.59. The molecular weight excluding hydrogens is 346 g/mol. The standard InChI is InChI=1S/C10H12ClNO7S2/c1-20(16,17)6-2-3-7(11)9(4-6)21(18,19)12-8(5-13)10(14)15/h2-4,8,12-13H,5H2,1H3,(H,14,15). The van der Waals surface area contributed by atoms with Gasteiger partial charge in [0.25, 0.3) is 0 Å². The van der Waals surface area contributed by atoms with Gasteiger partial charge in [-0.05, 0) is 18.2 Å². The number of carboxylic acids is 1. The van der Waals surface area contributed by atoms with Crippen LogP contribution in [0, 0.1) is 0 Å². The molecule has 0 aliphatic heterocycles. The van der Waals surface area contributed by atoms with Crippen LogP contribution >= 0.6 is 11.6 Å². The Kier molecular flexibility index (Phi) is 5.34. The average Bonchev–Trinajstić information content (AvgIpc) is 2.34. The number of carbonyl (C=O) groups is 1. The first kappa shape index (κ1) is 17.9. The lowest BCUT2D eigenvalue weighted by molar-refractivity contribution is -0.139. The van der Waals surface area contributed by atoms with Crippen molar-refractivity contribution in [2.45, 2.75) is 15.8 Å². The Labute approximate surface area is 126 Å². The van der Waals surface area contributed by atoms with Crippen LogP contribution in [0.1, 0.15) is 0 Å². The molecule has 1 aromatic carbocycles. The molecule has 0 heterocycles. The number of carboxylic acid groups (broad SMARTS) is 1. The lowest BCUT2D eigenvalue weighted by Crippen LogP contribution is -2.43. The van der Waals surface area contributed by atoms with Gasteiger partial charge in [-0.3, -0.25) is 4.79 Å². The van der Waals surface area contributed by atoms with Crippen LogP contribution in [0.4, 0.5) is 0 Å². The van der Waals surface area contributed by atoms with Crippen LogP contribution in [-0.2, 0) is 24.7 Å². The van der Waals surface area contributed by atoms with E-state index in [9.17, 15) is 21.6 Å². The zero-order valence-electron chi connectivity index (χ0n) is 10.6. The Bertz CT molecular complexity index is 758. The summed E-state index contributed by atoms with van der Waals surface area (Å²) in [5, 5.41) is 17.3. The molecular formula is C10H12ClNO7S2. The van der Waals surface area contributed by atoms with Crippen molar-refractivity contribution in [2.75, 3.05) is 12.9 Å². The molecule has 0 saturated carbocycles. The molecule has 0 bridgehead atoms. The molecule has 1 unspecified atom stereocenters. The van der Waals surface area contributed by atoms with Crippen molar-refractivity contribution >= 4 is 37.4 Å². The first-order valence-corrected chi connectivity index (χ1v) is 9.10. The van der Waals surface area contributed by atoms with Crippen molar-refractivity contribution < 1.29 is 31.8 Å². The van der Waals surface area contributed by atoms with Crippen molar-refractivity contribution in [1.82, 2.24) is 4.72 Å². The zero-order chi connectivity index (χ0) is 16.4. The molecule has 1 rings (SSSR count). The maximum Gasteiger partial charge on any atom is 0.324 e. The number of hydrogen-bond donors (Lipinski definition) is 3. The third kappa shape index (κ3) is 4.38. The molecule has 11 heteroatoms. The summed E-state index contributed by atoms with van der Waals surface area (Å²) in [6.45, 7) is -0.974. The van der Waals surface area contributed by atoms with Gasteiger partial charge < -0.3 is 10.2 Å². The highest BCUT2D eigenvalue weighted by molar-refractivity contribution is 7.91. The maximum absolute atomic E-state index is 12.0. The Hall–Kier alpha value is -1.20. The molecule has 0 saturated heterocycles. The molecule has 0 fully saturated rings. The molecule has 0 spiro atoms. The van der Waals surface area contributed by atoms with E-state index in [-0.39, 0.29) is 9.92 Å². The maximum atomic E-state index is 12.0. The van der Waals surface area contributed by atoms with Gasteiger partial charge in [0, 0.05) is 6.26 Å². The van der Waals surface area contributed by atoms with Crippen molar-refractivity contribution in [3.8, 4) is 0 Å². The topological polar surface area (TPSA) is 138 Å². The number of nitrogens with one attached hydrogen (secondary N) is 1. The molecule has 21 heavy (non-hydrogen) atoms. The number of sulfone groups is 1. The first-order valence-electron chi connectivity index (χ1n) is 5.34. The fourth-order valence-corrected chi connectivity index (χ4v) is 3.76. The molecule has 1 aromatic rings. The molecule has 0 radical (unpaired) electrons. The van der Waals surface area contributed by atoms with E-state index in [4.69, 9.17) is 21.8 Å². The van der Waals surface area contributed by atoms with Gasteiger partial charge in [0.15, 0.2) is 9.84 Å². The third-order valence-electron chi connectivity index (χ3n) is 2.40. The van der Waals surface area contributed by atoms with Gasteiger partial charge >= 0.3 is 5.97 Å². The van der Waals surface area contributed by atoms with Crippen LogP contribution in [0.2, 0.25) is 5.02 Å². The van der Waals surface area contributed by atoms with Crippen molar-refractivity contribution in [2.24, 2.45) is 0 Å². The zero-order valence-corrected chi connectivity index (χ0v) is 13.0. The van der Waals surface area contributed by atoms with E-state index < -0.39 is 43.4 Å². The molecule has 0 aliphatic rings. The molecule has 0 aromatic heterocycles. The van der Waals surface area contributed by atoms with Crippen LogP contribution < -0.4 is 4.72 Å². The molecule has 118 valence electrons. The minimum atomic E-state index is -4.42. The van der Waals surface area contributed by atoms with Crippen molar-refractivity contribution in [3.05, 3.63) is 23.2 Å². The molecule has 0 amide bonds. The summed E-state index contributed by atoms with van der Waals surface area (Å²) in [6.07, 6.45) is 0.883. The summed E-state index contributed by atoms with van der Waals surface area (Å²) in [5.41, 5.74) is 0. The quantitative estimate of drug-likeness (QED) is 0.622. The van der Waals surface area contributed by atoms with Crippen LogP contribution in [0.15, 0.2) is 28.0 Å². The highest BCUT2D eigenvalue weighted by atomic mass is 35.5. The Morgan fingerprint density at radius 3 is 2.33 bits per heavy atom. The highest BCUT2D eigenvalue weighted by Crippen LogP contribution is 2.24.